The van der Waals surface area contributed by atoms with Gasteiger partial charge in [0.2, 0.25) is 0 Å². The van der Waals surface area contributed by atoms with Crippen molar-refractivity contribution in [2.45, 2.75) is 25.6 Å². The summed E-state index contributed by atoms with van der Waals surface area (Å²) in [5, 5.41) is 21.1. The molecule has 1 aliphatic heterocycles. The van der Waals surface area contributed by atoms with E-state index in [0.717, 1.165) is 43.9 Å². The third-order valence-electron chi connectivity index (χ3n) is 3.71. The summed E-state index contributed by atoms with van der Waals surface area (Å²) >= 11 is 0. The summed E-state index contributed by atoms with van der Waals surface area (Å²) in [5.74, 6) is -2.22. The Kier molecular flexibility index (Phi) is 6.99. The number of aliphatic carboxylic acids is 1. The normalized spacial score (nSPS) is 15.0. The summed E-state index contributed by atoms with van der Waals surface area (Å²) in [5.41, 5.74) is 2.30. The van der Waals surface area contributed by atoms with Gasteiger partial charge in [-0.3, -0.25) is 4.90 Å². The number of tetrazole rings is 1. The lowest BCUT2D eigenvalue weighted by Gasteiger charge is -2.27. The molecule has 1 aliphatic rings. The lowest BCUT2D eigenvalue weighted by Crippen LogP contribution is -2.30. The van der Waals surface area contributed by atoms with Crippen molar-refractivity contribution in [3.8, 4) is 0 Å². The van der Waals surface area contributed by atoms with Crippen LogP contribution >= 0.6 is 0 Å². The molecule has 0 saturated carbocycles. The molecule has 0 atom stereocenters. The Bertz CT molecular complexity index is 767. The second-order valence-electron chi connectivity index (χ2n) is 5.76. The molecule has 0 aliphatic carbocycles. The zero-order valence-electron chi connectivity index (χ0n) is 14.1. The van der Waals surface area contributed by atoms with Gasteiger partial charge in [-0.15, -0.1) is 10.2 Å². The molecule has 3 rings (SSSR count). The van der Waals surface area contributed by atoms with E-state index in [4.69, 9.17) is 9.90 Å². The number of likely N-dealkylation sites (tertiary alicyclic amines) is 1. The average Bonchev–Trinajstić information content (AvgIpc) is 3.09. The van der Waals surface area contributed by atoms with E-state index in [9.17, 15) is 17.6 Å². The summed E-state index contributed by atoms with van der Waals surface area (Å²) in [6.45, 7) is 2.66. The molecular formula is C16H17F4N5O2. The summed E-state index contributed by atoms with van der Waals surface area (Å²) < 4.78 is 44.9. The molecule has 2 N–H and O–H groups in total. The Morgan fingerprint density at radius 1 is 1.30 bits per heavy atom. The molecule has 2 heterocycles. The number of H-pyrrole nitrogens is 1. The Hall–Kier alpha value is -2.82. The third-order valence-corrected chi connectivity index (χ3v) is 3.71. The molecule has 0 unspecified atom stereocenters. The van der Waals surface area contributed by atoms with Crippen LogP contribution in [0.4, 0.5) is 17.6 Å². The van der Waals surface area contributed by atoms with Crippen LogP contribution in [0.15, 0.2) is 29.8 Å². The molecule has 1 aromatic carbocycles. The first-order valence-electron chi connectivity index (χ1n) is 7.94. The summed E-state index contributed by atoms with van der Waals surface area (Å²) in [6.07, 6.45) is -1.00. The summed E-state index contributed by atoms with van der Waals surface area (Å²) in [7, 11) is 0. The van der Waals surface area contributed by atoms with Gasteiger partial charge in [-0.2, -0.15) is 18.4 Å². The maximum atomic E-state index is 13.1. The molecule has 0 amide bonds. The molecule has 2 aromatic rings. The van der Waals surface area contributed by atoms with Crippen molar-refractivity contribution < 1.29 is 27.5 Å². The maximum absolute atomic E-state index is 13.1. The fourth-order valence-electron chi connectivity index (χ4n) is 2.42. The monoisotopic (exact) mass is 387 g/mol. The van der Waals surface area contributed by atoms with Crippen molar-refractivity contribution in [3.05, 3.63) is 47.0 Å². The van der Waals surface area contributed by atoms with Gasteiger partial charge < -0.3 is 5.11 Å². The molecule has 0 spiro atoms. The van der Waals surface area contributed by atoms with Crippen molar-refractivity contribution in [1.82, 2.24) is 25.5 Å². The molecular weight excluding hydrogens is 370 g/mol. The van der Waals surface area contributed by atoms with Crippen molar-refractivity contribution in [1.29, 1.82) is 0 Å². The van der Waals surface area contributed by atoms with E-state index in [2.05, 4.69) is 31.6 Å². The van der Waals surface area contributed by atoms with Crippen molar-refractivity contribution in [2.24, 2.45) is 0 Å². The van der Waals surface area contributed by atoms with Crippen LogP contribution in [0.25, 0.3) is 6.08 Å². The van der Waals surface area contributed by atoms with Crippen LogP contribution in [0.2, 0.25) is 0 Å². The van der Waals surface area contributed by atoms with Gasteiger partial charge in [-0.1, -0.05) is 29.0 Å². The van der Waals surface area contributed by atoms with Crippen LogP contribution in [0.3, 0.4) is 0 Å². The lowest BCUT2D eigenvalue weighted by atomic mass is 10.0. The Balaban J connectivity index is 0.000000321. The Morgan fingerprint density at radius 2 is 1.96 bits per heavy atom. The minimum atomic E-state index is -5.08. The minimum absolute atomic E-state index is 0.186. The topological polar surface area (TPSA) is 95.0 Å². The van der Waals surface area contributed by atoms with Crippen LogP contribution in [-0.2, 0) is 11.3 Å². The molecule has 7 nitrogen and oxygen atoms in total. The maximum Gasteiger partial charge on any atom is 0.490 e. The number of hydrogen-bond donors (Lipinski definition) is 2. The average molecular weight is 387 g/mol. The number of halogens is 4. The molecule has 0 radical (unpaired) electrons. The Labute approximate surface area is 151 Å². The van der Waals surface area contributed by atoms with Gasteiger partial charge in [0.25, 0.3) is 0 Å². The lowest BCUT2D eigenvalue weighted by molar-refractivity contribution is -0.192. The number of alkyl halides is 3. The number of rotatable bonds is 3. The predicted octanol–water partition coefficient (Wildman–Crippen LogP) is 2.65. The van der Waals surface area contributed by atoms with E-state index in [1.807, 2.05) is 6.07 Å². The molecule has 11 heteroatoms. The number of nitrogens with zero attached hydrogens (tertiary/aromatic N) is 4. The van der Waals surface area contributed by atoms with E-state index in [1.165, 1.54) is 11.6 Å². The second kappa shape index (κ2) is 9.21. The number of carbonyl (C=O) groups is 1. The van der Waals surface area contributed by atoms with Crippen LogP contribution in [0.5, 0.6) is 0 Å². The number of hydrogen-bond acceptors (Lipinski definition) is 5. The summed E-state index contributed by atoms with van der Waals surface area (Å²) in [6, 6.07) is 6.71. The zero-order chi connectivity index (χ0) is 19.9. The number of carboxylic acids is 1. The standard InChI is InChI=1S/C14H16FN5.C2HF3O2/c15-13-3-1-2-12(9-13)8-11-4-6-20(7-5-11)10-14-16-18-19-17-14;3-2(4,5)1(6)7/h1-3,8-9H,4-7,10H2,(H,16,17,18,19);(H,6,7). The molecule has 1 saturated heterocycles. The van der Waals surface area contributed by atoms with Gasteiger partial charge in [0, 0.05) is 13.1 Å². The number of carboxylic acid groups (broad SMARTS) is 1. The van der Waals surface area contributed by atoms with E-state index in [0.29, 0.717) is 0 Å². The number of piperidine rings is 1. The SMILES string of the molecule is Fc1cccc(C=C2CCN(Cc3nn[nH]n3)CC2)c1.O=C(O)C(F)(F)F. The fraction of sp³-hybridized carbons (Fsp3) is 0.375. The smallest absolute Gasteiger partial charge is 0.475 e. The van der Waals surface area contributed by atoms with Gasteiger partial charge in [0.15, 0.2) is 5.82 Å². The first kappa shape index (κ1) is 20.5. The van der Waals surface area contributed by atoms with Gasteiger partial charge in [-0.25, -0.2) is 9.18 Å². The molecule has 1 fully saturated rings. The van der Waals surface area contributed by atoms with Gasteiger partial charge in [0.05, 0.1) is 6.54 Å². The number of aromatic amines is 1. The highest BCUT2D eigenvalue weighted by Crippen LogP contribution is 2.20. The quantitative estimate of drug-likeness (QED) is 0.787. The predicted molar refractivity (Wildman–Crippen MR) is 86.8 cm³/mol. The largest absolute Gasteiger partial charge is 0.490 e. The fourth-order valence-corrected chi connectivity index (χ4v) is 2.42. The van der Waals surface area contributed by atoms with Gasteiger partial charge in [0.1, 0.15) is 5.82 Å². The number of aromatic nitrogens is 4. The molecule has 27 heavy (non-hydrogen) atoms. The van der Waals surface area contributed by atoms with Crippen LogP contribution < -0.4 is 0 Å². The first-order chi connectivity index (χ1) is 12.7. The molecule has 0 bridgehead atoms. The third kappa shape index (κ3) is 7.13. The van der Waals surface area contributed by atoms with E-state index in [-0.39, 0.29) is 5.82 Å². The highest BCUT2D eigenvalue weighted by Gasteiger charge is 2.38. The van der Waals surface area contributed by atoms with Crippen molar-refractivity contribution in [2.75, 3.05) is 13.1 Å². The van der Waals surface area contributed by atoms with Crippen LogP contribution in [-0.4, -0.2) is 55.9 Å². The second-order valence-corrected chi connectivity index (χ2v) is 5.76. The summed E-state index contributed by atoms with van der Waals surface area (Å²) in [4.78, 5) is 11.2. The van der Waals surface area contributed by atoms with Gasteiger partial charge in [-0.05, 0) is 30.5 Å². The van der Waals surface area contributed by atoms with E-state index < -0.39 is 12.1 Å². The molecule has 1 aromatic heterocycles. The van der Waals surface area contributed by atoms with Crippen LogP contribution in [0, 0.1) is 5.82 Å². The first-order valence-corrected chi connectivity index (χ1v) is 7.94. The van der Waals surface area contributed by atoms with Crippen LogP contribution in [0.1, 0.15) is 24.2 Å². The van der Waals surface area contributed by atoms with Crippen molar-refractivity contribution in [3.63, 3.8) is 0 Å². The van der Waals surface area contributed by atoms with Crippen molar-refractivity contribution >= 4 is 12.0 Å². The van der Waals surface area contributed by atoms with E-state index in [1.54, 1.807) is 12.1 Å². The number of benzene rings is 1. The van der Waals surface area contributed by atoms with Gasteiger partial charge >= 0.3 is 12.1 Å². The highest BCUT2D eigenvalue weighted by atomic mass is 19.4. The number of nitrogens with one attached hydrogen (secondary N) is 1. The minimum Gasteiger partial charge on any atom is -0.475 e. The zero-order valence-corrected chi connectivity index (χ0v) is 14.1. The van der Waals surface area contributed by atoms with E-state index >= 15 is 0 Å². The highest BCUT2D eigenvalue weighted by molar-refractivity contribution is 5.73. The Morgan fingerprint density at radius 3 is 2.48 bits per heavy atom. The molecule has 146 valence electrons.